The first-order valence-electron chi connectivity index (χ1n) is 8.37. The van der Waals surface area contributed by atoms with Crippen molar-refractivity contribution in [1.29, 1.82) is 0 Å². The van der Waals surface area contributed by atoms with Crippen molar-refractivity contribution in [2.45, 2.75) is 31.8 Å². The Morgan fingerprint density at radius 2 is 1.65 bits per heavy atom. The fraction of sp³-hybridized carbons (Fsp3) is 0.316. The van der Waals surface area contributed by atoms with Gasteiger partial charge in [-0.2, -0.15) is 0 Å². The Kier molecular flexibility index (Phi) is 4.99. The molecular weight excluding hydrogens is 372 g/mol. The van der Waals surface area contributed by atoms with E-state index in [-0.39, 0.29) is 22.6 Å². The maximum Gasteiger partial charge on any atom is 0.266 e. The number of rotatable bonds is 4. The summed E-state index contributed by atoms with van der Waals surface area (Å²) in [6.07, 6.45) is -0.662. The molecule has 1 heterocycles. The molecule has 0 saturated heterocycles. The summed E-state index contributed by atoms with van der Waals surface area (Å²) in [5.41, 5.74) is 2.03. The molecule has 0 aliphatic carbocycles. The number of sulfonamides is 1. The van der Waals surface area contributed by atoms with Crippen LogP contribution < -0.4 is 9.21 Å². The van der Waals surface area contributed by atoms with Crippen LogP contribution in [0.4, 0.5) is 11.4 Å². The Labute approximate surface area is 159 Å². The van der Waals surface area contributed by atoms with Crippen LogP contribution in [0.2, 0.25) is 0 Å². The number of benzene rings is 2. The van der Waals surface area contributed by atoms with E-state index in [2.05, 4.69) is 0 Å². The average molecular weight is 393 g/mol. The Bertz CT molecular complexity index is 926. The summed E-state index contributed by atoms with van der Waals surface area (Å²) < 4.78 is 28.2. The first-order valence-corrected chi connectivity index (χ1v) is 10.3. The van der Waals surface area contributed by atoms with Gasteiger partial charge in [-0.1, -0.05) is 43.7 Å². The molecule has 0 saturated carbocycles. The molecule has 0 fully saturated rings. The first kappa shape index (κ1) is 18.7. The van der Waals surface area contributed by atoms with Gasteiger partial charge in [0.2, 0.25) is 5.91 Å². The molecule has 1 amide bonds. The van der Waals surface area contributed by atoms with Gasteiger partial charge in [0.05, 0.1) is 16.3 Å². The zero-order valence-electron chi connectivity index (χ0n) is 14.9. The summed E-state index contributed by atoms with van der Waals surface area (Å²) >= 11 is 5.81. The van der Waals surface area contributed by atoms with Gasteiger partial charge in [-0.3, -0.25) is 9.69 Å². The lowest BCUT2D eigenvalue weighted by molar-refractivity contribution is -0.116. The number of halogens is 1. The highest BCUT2D eigenvalue weighted by Gasteiger charge is 2.46. The summed E-state index contributed by atoms with van der Waals surface area (Å²) in [7, 11) is -3.84. The van der Waals surface area contributed by atoms with Gasteiger partial charge < -0.3 is 0 Å². The lowest BCUT2D eigenvalue weighted by Crippen LogP contribution is -2.52. The average Bonchev–Trinajstić information content (AvgIpc) is 2.97. The summed E-state index contributed by atoms with van der Waals surface area (Å²) in [5.74, 6) is -0.662. The summed E-state index contributed by atoms with van der Waals surface area (Å²) in [5, 5.41) is 0. The van der Waals surface area contributed by atoms with Crippen LogP contribution in [0.1, 0.15) is 19.4 Å². The number of fused-ring (bicyclic) bond motifs is 1. The monoisotopic (exact) mass is 392 g/mol. The van der Waals surface area contributed by atoms with Crippen LogP contribution in [-0.2, 0) is 14.8 Å². The van der Waals surface area contributed by atoms with E-state index in [9.17, 15) is 13.2 Å². The zero-order chi connectivity index (χ0) is 19.1. The topological polar surface area (TPSA) is 57.7 Å². The predicted molar refractivity (Wildman–Crippen MR) is 104 cm³/mol. The van der Waals surface area contributed by atoms with Crippen molar-refractivity contribution in [2.24, 2.45) is 5.92 Å². The number of nitrogens with zero attached hydrogens (tertiary/aromatic N) is 2. The number of amides is 1. The number of para-hydroxylation sites is 2. The smallest absolute Gasteiger partial charge is 0.266 e. The van der Waals surface area contributed by atoms with E-state index in [1.54, 1.807) is 48.5 Å². The van der Waals surface area contributed by atoms with Gasteiger partial charge in [0.25, 0.3) is 10.0 Å². The van der Waals surface area contributed by atoms with Crippen molar-refractivity contribution in [2.75, 3.05) is 15.1 Å². The van der Waals surface area contributed by atoms with E-state index in [0.717, 1.165) is 5.56 Å². The Morgan fingerprint density at radius 1 is 1.08 bits per heavy atom. The molecule has 0 aromatic heterocycles. The third-order valence-electron chi connectivity index (χ3n) is 4.44. The van der Waals surface area contributed by atoms with E-state index in [1.807, 2.05) is 20.8 Å². The van der Waals surface area contributed by atoms with Gasteiger partial charge in [-0.25, -0.2) is 12.7 Å². The molecule has 0 bridgehead atoms. The molecule has 26 heavy (non-hydrogen) atoms. The highest BCUT2D eigenvalue weighted by molar-refractivity contribution is 7.93. The number of carbonyl (C=O) groups is 1. The van der Waals surface area contributed by atoms with Gasteiger partial charge in [0.1, 0.15) is 12.0 Å². The van der Waals surface area contributed by atoms with Crippen LogP contribution in [0.5, 0.6) is 0 Å². The number of hydrogen-bond acceptors (Lipinski definition) is 3. The lowest BCUT2D eigenvalue weighted by atomic mass is 10.1. The van der Waals surface area contributed by atoms with Crippen LogP contribution in [0.15, 0.2) is 53.4 Å². The molecule has 0 N–H and O–H groups in total. The highest BCUT2D eigenvalue weighted by Crippen LogP contribution is 2.44. The molecule has 1 aliphatic rings. The minimum Gasteiger partial charge on any atom is -0.287 e. The quantitative estimate of drug-likeness (QED) is 0.744. The number of alkyl halides is 1. The fourth-order valence-corrected chi connectivity index (χ4v) is 5.13. The molecule has 5 nitrogen and oxygen atoms in total. The van der Waals surface area contributed by atoms with Gasteiger partial charge in [0, 0.05) is 0 Å². The summed E-state index contributed by atoms with van der Waals surface area (Å²) in [6.45, 7) is 5.69. The van der Waals surface area contributed by atoms with Crippen molar-refractivity contribution < 1.29 is 13.2 Å². The fourth-order valence-electron chi connectivity index (χ4n) is 3.25. The van der Waals surface area contributed by atoms with Gasteiger partial charge in [-0.15, -0.1) is 11.6 Å². The zero-order valence-corrected chi connectivity index (χ0v) is 16.5. The highest BCUT2D eigenvalue weighted by atomic mass is 35.5. The van der Waals surface area contributed by atoms with E-state index >= 15 is 0 Å². The molecular formula is C19H21ClN2O3S. The molecule has 0 spiro atoms. The van der Waals surface area contributed by atoms with Crippen molar-refractivity contribution in [1.82, 2.24) is 0 Å². The van der Waals surface area contributed by atoms with Gasteiger partial charge >= 0.3 is 0 Å². The second-order valence-electron chi connectivity index (χ2n) is 6.66. The molecule has 7 heteroatoms. The molecule has 0 radical (unpaired) electrons. The largest absolute Gasteiger partial charge is 0.287 e. The standard InChI is InChI=1S/C19H21ClN2O3S/c1-13(2)19-21(18(23)12-20)16-6-4-5-7-17(16)22(19)26(24,25)15-10-8-14(3)9-11-15/h4-11,13,19H,12H2,1-3H3. The van der Waals surface area contributed by atoms with Crippen molar-refractivity contribution >= 4 is 38.9 Å². The van der Waals surface area contributed by atoms with E-state index < -0.39 is 16.2 Å². The van der Waals surface area contributed by atoms with E-state index in [4.69, 9.17) is 11.6 Å². The third kappa shape index (κ3) is 2.97. The number of anilines is 2. The SMILES string of the molecule is Cc1ccc(S(=O)(=O)N2c3ccccc3N(C(=O)CCl)C2C(C)C)cc1. The van der Waals surface area contributed by atoms with Crippen LogP contribution in [0.25, 0.3) is 0 Å². The Morgan fingerprint density at radius 3 is 2.19 bits per heavy atom. The minimum atomic E-state index is -3.84. The molecule has 1 unspecified atom stereocenters. The Hall–Kier alpha value is -2.05. The number of aryl methyl sites for hydroxylation is 1. The van der Waals surface area contributed by atoms with Crippen molar-refractivity contribution in [3.8, 4) is 0 Å². The first-order chi connectivity index (χ1) is 12.3. The van der Waals surface area contributed by atoms with E-state index in [1.165, 1.54) is 9.21 Å². The van der Waals surface area contributed by atoms with Gasteiger partial charge in [0.15, 0.2) is 0 Å². The predicted octanol–water partition coefficient (Wildman–Crippen LogP) is 3.76. The second kappa shape index (κ2) is 6.93. The molecule has 2 aromatic rings. The van der Waals surface area contributed by atoms with Gasteiger partial charge in [-0.05, 0) is 37.1 Å². The van der Waals surface area contributed by atoms with Crippen LogP contribution >= 0.6 is 11.6 Å². The third-order valence-corrected chi connectivity index (χ3v) is 6.47. The van der Waals surface area contributed by atoms with Crippen LogP contribution in [0.3, 0.4) is 0 Å². The minimum absolute atomic E-state index is 0.130. The second-order valence-corrected chi connectivity index (χ2v) is 8.74. The molecule has 3 rings (SSSR count). The van der Waals surface area contributed by atoms with Crippen LogP contribution in [-0.4, -0.2) is 26.4 Å². The maximum atomic E-state index is 13.4. The molecule has 1 atom stereocenters. The molecule has 1 aliphatic heterocycles. The normalized spacial score (nSPS) is 16.9. The van der Waals surface area contributed by atoms with Crippen molar-refractivity contribution in [3.05, 3.63) is 54.1 Å². The van der Waals surface area contributed by atoms with E-state index in [0.29, 0.717) is 11.4 Å². The summed E-state index contributed by atoms with van der Waals surface area (Å²) in [4.78, 5) is 14.2. The maximum absolute atomic E-state index is 13.4. The number of hydrogen-bond donors (Lipinski definition) is 0. The van der Waals surface area contributed by atoms with Crippen LogP contribution in [0, 0.1) is 12.8 Å². The number of carbonyl (C=O) groups excluding carboxylic acids is 1. The lowest BCUT2D eigenvalue weighted by Gasteiger charge is -2.33. The summed E-state index contributed by atoms with van der Waals surface area (Å²) in [6, 6.07) is 13.7. The Balaban J connectivity index is 2.21. The molecule has 138 valence electrons. The van der Waals surface area contributed by atoms with Crippen molar-refractivity contribution in [3.63, 3.8) is 0 Å². The molecule has 2 aromatic carbocycles.